The second-order valence-electron chi connectivity index (χ2n) is 6.46. The lowest BCUT2D eigenvalue weighted by Crippen LogP contribution is -2.45. The molecule has 0 aliphatic carbocycles. The van der Waals surface area contributed by atoms with Crippen LogP contribution in [0.4, 0.5) is 5.82 Å². The van der Waals surface area contributed by atoms with E-state index in [1.54, 1.807) is 13.1 Å². The molecule has 3 atom stereocenters. The van der Waals surface area contributed by atoms with Crippen molar-refractivity contribution in [3.8, 4) is 0 Å². The average Bonchev–Trinajstić information content (AvgIpc) is 3.13. The number of amides is 1. The lowest BCUT2D eigenvalue weighted by molar-refractivity contribution is -0.124. The van der Waals surface area contributed by atoms with Crippen LogP contribution in [0.25, 0.3) is 0 Å². The largest absolute Gasteiger partial charge is 0.372 e. The number of pyridine rings is 1. The van der Waals surface area contributed by atoms with Gasteiger partial charge in [-0.05, 0) is 32.4 Å². The standard InChI is InChI=1S/C17H24N6O2/c1-12-8-22(9-13(2)25-12)16-5-4-15(6-19-16)7-20-17(24)14(3)23-11-18-10-21-23/h4-6,10-14H,7-9H2,1-3H3,(H,20,24). The maximum Gasteiger partial charge on any atom is 0.244 e. The number of carbonyl (C=O) groups excluding carboxylic acids is 1. The predicted octanol–water partition coefficient (Wildman–Crippen LogP) is 1.16. The lowest BCUT2D eigenvalue weighted by atomic mass is 10.2. The summed E-state index contributed by atoms with van der Waals surface area (Å²) in [5.41, 5.74) is 0.956. The van der Waals surface area contributed by atoms with E-state index in [2.05, 4.69) is 39.1 Å². The fourth-order valence-corrected chi connectivity index (χ4v) is 2.95. The zero-order valence-electron chi connectivity index (χ0n) is 14.8. The zero-order chi connectivity index (χ0) is 17.8. The van der Waals surface area contributed by atoms with Crippen molar-refractivity contribution in [1.29, 1.82) is 0 Å². The van der Waals surface area contributed by atoms with Crippen molar-refractivity contribution >= 4 is 11.7 Å². The van der Waals surface area contributed by atoms with Gasteiger partial charge in [-0.1, -0.05) is 6.07 Å². The summed E-state index contributed by atoms with van der Waals surface area (Å²) in [6.07, 6.45) is 5.15. The number of carbonyl (C=O) groups is 1. The molecule has 25 heavy (non-hydrogen) atoms. The van der Waals surface area contributed by atoms with Gasteiger partial charge in [0.1, 0.15) is 24.5 Å². The average molecular weight is 344 g/mol. The third kappa shape index (κ3) is 4.33. The number of ether oxygens (including phenoxy) is 1. The molecule has 8 nitrogen and oxygen atoms in total. The quantitative estimate of drug-likeness (QED) is 0.876. The van der Waals surface area contributed by atoms with Gasteiger partial charge in [0.15, 0.2) is 0 Å². The van der Waals surface area contributed by atoms with Crippen LogP contribution in [0.2, 0.25) is 0 Å². The summed E-state index contributed by atoms with van der Waals surface area (Å²) in [7, 11) is 0. The van der Waals surface area contributed by atoms with Gasteiger partial charge in [0.05, 0.1) is 12.2 Å². The molecule has 1 saturated heterocycles. The Hall–Kier alpha value is -2.48. The van der Waals surface area contributed by atoms with Crippen LogP contribution in [-0.2, 0) is 16.1 Å². The van der Waals surface area contributed by atoms with Crippen molar-refractivity contribution in [2.75, 3.05) is 18.0 Å². The van der Waals surface area contributed by atoms with Crippen LogP contribution in [0.15, 0.2) is 31.0 Å². The first-order valence-corrected chi connectivity index (χ1v) is 8.50. The number of hydrogen-bond donors (Lipinski definition) is 1. The van der Waals surface area contributed by atoms with Gasteiger partial charge >= 0.3 is 0 Å². The first kappa shape index (κ1) is 17.3. The van der Waals surface area contributed by atoms with Crippen molar-refractivity contribution in [2.45, 2.75) is 45.6 Å². The molecule has 3 heterocycles. The third-order valence-electron chi connectivity index (χ3n) is 4.23. The van der Waals surface area contributed by atoms with E-state index in [0.29, 0.717) is 6.54 Å². The molecule has 1 aliphatic heterocycles. The number of nitrogens with one attached hydrogen (secondary N) is 1. The Morgan fingerprint density at radius 2 is 2.12 bits per heavy atom. The summed E-state index contributed by atoms with van der Waals surface area (Å²) < 4.78 is 7.28. The normalized spacial score (nSPS) is 21.8. The predicted molar refractivity (Wildman–Crippen MR) is 93.0 cm³/mol. The second kappa shape index (κ2) is 7.60. The number of rotatable bonds is 5. The molecule has 2 aromatic rings. The first-order chi connectivity index (χ1) is 12.0. The van der Waals surface area contributed by atoms with E-state index in [-0.39, 0.29) is 18.1 Å². The zero-order valence-corrected chi connectivity index (χ0v) is 14.8. The molecule has 134 valence electrons. The fraction of sp³-hybridized carbons (Fsp3) is 0.529. The van der Waals surface area contributed by atoms with Gasteiger partial charge in [-0.2, -0.15) is 5.10 Å². The highest BCUT2D eigenvalue weighted by molar-refractivity contribution is 5.79. The van der Waals surface area contributed by atoms with Crippen LogP contribution in [0.3, 0.4) is 0 Å². The Balaban J connectivity index is 1.55. The van der Waals surface area contributed by atoms with E-state index in [1.165, 1.54) is 17.3 Å². The van der Waals surface area contributed by atoms with E-state index in [1.807, 2.05) is 12.1 Å². The summed E-state index contributed by atoms with van der Waals surface area (Å²) in [6.45, 7) is 8.03. The molecule has 0 bridgehead atoms. The van der Waals surface area contributed by atoms with Gasteiger partial charge in [-0.25, -0.2) is 14.6 Å². The van der Waals surface area contributed by atoms with E-state index in [9.17, 15) is 4.79 Å². The minimum Gasteiger partial charge on any atom is -0.372 e. The summed E-state index contributed by atoms with van der Waals surface area (Å²) >= 11 is 0. The Bertz CT molecular complexity index is 678. The highest BCUT2D eigenvalue weighted by atomic mass is 16.5. The molecule has 8 heteroatoms. The van der Waals surface area contributed by atoms with E-state index in [0.717, 1.165) is 24.5 Å². The lowest BCUT2D eigenvalue weighted by Gasteiger charge is -2.36. The van der Waals surface area contributed by atoms with Crippen molar-refractivity contribution in [2.24, 2.45) is 0 Å². The maximum absolute atomic E-state index is 12.2. The number of anilines is 1. The van der Waals surface area contributed by atoms with Gasteiger partial charge in [0, 0.05) is 25.8 Å². The van der Waals surface area contributed by atoms with Crippen LogP contribution in [0, 0.1) is 0 Å². The summed E-state index contributed by atoms with van der Waals surface area (Å²) in [5.74, 6) is 0.832. The summed E-state index contributed by atoms with van der Waals surface area (Å²) in [6, 6.07) is 3.59. The monoisotopic (exact) mass is 344 g/mol. The Kier molecular flexibility index (Phi) is 5.28. The van der Waals surface area contributed by atoms with Crippen LogP contribution in [0.1, 0.15) is 32.4 Å². The molecule has 3 rings (SSSR count). The van der Waals surface area contributed by atoms with Gasteiger partial charge in [-0.15, -0.1) is 0 Å². The Labute approximate surface area is 147 Å². The highest BCUT2D eigenvalue weighted by Gasteiger charge is 2.23. The number of morpholine rings is 1. The SMILES string of the molecule is CC1CN(c2ccc(CNC(=O)C(C)n3cncn3)cn2)CC(C)O1. The van der Waals surface area contributed by atoms with Crippen molar-refractivity contribution in [3.05, 3.63) is 36.5 Å². The van der Waals surface area contributed by atoms with Crippen molar-refractivity contribution in [1.82, 2.24) is 25.1 Å². The number of hydrogen-bond acceptors (Lipinski definition) is 6. The van der Waals surface area contributed by atoms with Crippen LogP contribution >= 0.6 is 0 Å². The molecule has 1 fully saturated rings. The van der Waals surface area contributed by atoms with Gasteiger partial charge in [0.25, 0.3) is 0 Å². The molecular weight excluding hydrogens is 320 g/mol. The number of nitrogens with zero attached hydrogens (tertiary/aromatic N) is 5. The smallest absolute Gasteiger partial charge is 0.244 e. The molecule has 1 N–H and O–H groups in total. The topological polar surface area (TPSA) is 85.2 Å². The number of aromatic nitrogens is 4. The molecule has 3 unspecified atom stereocenters. The first-order valence-electron chi connectivity index (χ1n) is 8.50. The van der Waals surface area contributed by atoms with Crippen LogP contribution in [-0.4, -0.2) is 51.0 Å². The van der Waals surface area contributed by atoms with E-state index < -0.39 is 6.04 Å². The molecule has 1 aliphatic rings. The molecule has 0 saturated carbocycles. The molecular formula is C17H24N6O2. The van der Waals surface area contributed by atoms with E-state index >= 15 is 0 Å². The van der Waals surface area contributed by atoms with Crippen molar-refractivity contribution < 1.29 is 9.53 Å². The fourth-order valence-electron chi connectivity index (χ4n) is 2.95. The molecule has 0 radical (unpaired) electrons. The second-order valence-corrected chi connectivity index (χ2v) is 6.46. The molecule has 2 aromatic heterocycles. The van der Waals surface area contributed by atoms with Crippen LogP contribution in [0.5, 0.6) is 0 Å². The van der Waals surface area contributed by atoms with Gasteiger partial charge < -0.3 is 15.0 Å². The molecule has 1 amide bonds. The Morgan fingerprint density at radius 1 is 1.36 bits per heavy atom. The summed E-state index contributed by atoms with van der Waals surface area (Å²) in [5, 5.41) is 6.88. The maximum atomic E-state index is 12.2. The van der Waals surface area contributed by atoms with Crippen LogP contribution < -0.4 is 10.2 Å². The van der Waals surface area contributed by atoms with E-state index in [4.69, 9.17) is 4.74 Å². The molecule has 0 spiro atoms. The Morgan fingerprint density at radius 3 is 2.72 bits per heavy atom. The molecule has 0 aromatic carbocycles. The van der Waals surface area contributed by atoms with Gasteiger partial charge in [0.2, 0.25) is 5.91 Å². The minimum absolute atomic E-state index is 0.106. The highest BCUT2D eigenvalue weighted by Crippen LogP contribution is 2.18. The van der Waals surface area contributed by atoms with Gasteiger partial charge in [-0.3, -0.25) is 4.79 Å². The minimum atomic E-state index is -0.397. The van der Waals surface area contributed by atoms with Crippen molar-refractivity contribution in [3.63, 3.8) is 0 Å². The summed E-state index contributed by atoms with van der Waals surface area (Å²) in [4.78, 5) is 22.8. The third-order valence-corrected chi connectivity index (χ3v) is 4.23.